The van der Waals surface area contributed by atoms with Gasteiger partial charge in [0, 0.05) is 0 Å². The Hall–Kier alpha value is -2.11. The largest absolute Gasteiger partial charge is 0.469 e. The van der Waals surface area contributed by atoms with Crippen LogP contribution in [0.3, 0.4) is 0 Å². The lowest BCUT2D eigenvalue weighted by atomic mass is 9.94. The number of ether oxygens (including phenoxy) is 1. The number of carbonyl (C=O) groups is 1. The van der Waals surface area contributed by atoms with E-state index < -0.39 is 11.4 Å². The Bertz CT molecular complexity index is 583. The van der Waals surface area contributed by atoms with Crippen LogP contribution in [-0.2, 0) is 14.9 Å². The molecule has 19 heavy (non-hydrogen) atoms. The smallest absolute Gasteiger partial charge is 0.321 e. The Morgan fingerprint density at radius 1 is 1.47 bits per heavy atom. The monoisotopic (exact) mass is 264 g/mol. The first-order valence-corrected chi connectivity index (χ1v) is 6.02. The molecule has 0 unspecified atom stereocenters. The zero-order valence-electron chi connectivity index (χ0n) is 11.4. The van der Waals surface area contributed by atoms with Gasteiger partial charge in [-0.05, 0) is 33.8 Å². The summed E-state index contributed by atoms with van der Waals surface area (Å²) in [5.74, 6) is 0.926. The van der Waals surface area contributed by atoms with Crippen LogP contribution < -0.4 is 0 Å². The number of rotatable bonds is 4. The van der Waals surface area contributed by atoms with Crippen LogP contribution in [0.5, 0.6) is 0 Å². The van der Waals surface area contributed by atoms with Crippen molar-refractivity contribution in [2.75, 3.05) is 6.61 Å². The van der Waals surface area contributed by atoms with Crippen LogP contribution in [0.4, 0.5) is 0 Å². The second-order valence-electron chi connectivity index (χ2n) is 4.66. The van der Waals surface area contributed by atoms with Gasteiger partial charge in [-0.1, -0.05) is 5.16 Å². The highest BCUT2D eigenvalue weighted by molar-refractivity contribution is 5.80. The Kier molecular flexibility index (Phi) is 3.42. The van der Waals surface area contributed by atoms with Crippen molar-refractivity contribution in [1.82, 2.24) is 10.1 Å². The normalized spacial score (nSPS) is 11.6. The van der Waals surface area contributed by atoms with E-state index in [-0.39, 0.29) is 5.89 Å². The summed E-state index contributed by atoms with van der Waals surface area (Å²) in [4.78, 5) is 16.1. The zero-order chi connectivity index (χ0) is 14.0. The molecule has 6 nitrogen and oxygen atoms in total. The van der Waals surface area contributed by atoms with Gasteiger partial charge in [-0.15, -0.1) is 0 Å². The number of aromatic nitrogens is 2. The fraction of sp³-hybridized carbons (Fsp3) is 0.462. The molecule has 0 saturated carbocycles. The van der Waals surface area contributed by atoms with Crippen molar-refractivity contribution in [2.24, 2.45) is 0 Å². The van der Waals surface area contributed by atoms with Gasteiger partial charge in [0.1, 0.15) is 11.2 Å². The molecule has 6 heteroatoms. The number of carbonyl (C=O) groups excluding carboxylic acids is 1. The van der Waals surface area contributed by atoms with Gasteiger partial charge in [-0.2, -0.15) is 4.98 Å². The lowest BCUT2D eigenvalue weighted by molar-refractivity contribution is -0.149. The Morgan fingerprint density at radius 2 is 2.21 bits per heavy atom. The van der Waals surface area contributed by atoms with Crippen molar-refractivity contribution in [1.29, 1.82) is 0 Å². The van der Waals surface area contributed by atoms with E-state index in [9.17, 15) is 4.79 Å². The van der Waals surface area contributed by atoms with E-state index in [1.54, 1.807) is 33.1 Å². The minimum absolute atomic E-state index is 0.224. The fourth-order valence-corrected chi connectivity index (χ4v) is 1.60. The molecule has 0 spiro atoms. The van der Waals surface area contributed by atoms with Crippen molar-refractivity contribution in [3.05, 3.63) is 24.0 Å². The van der Waals surface area contributed by atoms with Crippen LogP contribution in [0.15, 0.2) is 21.3 Å². The molecular formula is C13H16N2O4. The van der Waals surface area contributed by atoms with Gasteiger partial charge < -0.3 is 13.7 Å². The maximum atomic E-state index is 11.9. The van der Waals surface area contributed by atoms with E-state index in [0.29, 0.717) is 18.2 Å². The molecule has 0 radical (unpaired) electrons. The predicted octanol–water partition coefficient (Wildman–Crippen LogP) is 2.48. The Labute approximate surface area is 110 Å². The summed E-state index contributed by atoms with van der Waals surface area (Å²) in [6.07, 6.45) is 1.55. The maximum Gasteiger partial charge on any atom is 0.321 e. The molecule has 0 atom stereocenters. The van der Waals surface area contributed by atoms with E-state index >= 15 is 0 Å². The van der Waals surface area contributed by atoms with E-state index in [1.807, 2.05) is 6.92 Å². The average Bonchev–Trinajstić information content (AvgIpc) is 2.97. The average molecular weight is 264 g/mol. The highest BCUT2D eigenvalue weighted by atomic mass is 16.5. The van der Waals surface area contributed by atoms with E-state index in [4.69, 9.17) is 13.7 Å². The van der Waals surface area contributed by atoms with Gasteiger partial charge in [-0.3, -0.25) is 4.79 Å². The van der Waals surface area contributed by atoms with Crippen LogP contribution in [-0.4, -0.2) is 22.7 Å². The van der Waals surface area contributed by atoms with Crippen molar-refractivity contribution < 1.29 is 18.5 Å². The molecule has 0 bridgehead atoms. The number of esters is 1. The second kappa shape index (κ2) is 4.87. The molecule has 0 amide bonds. The lowest BCUT2D eigenvalue weighted by Crippen LogP contribution is -2.31. The third kappa shape index (κ3) is 2.38. The van der Waals surface area contributed by atoms with Crippen molar-refractivity contribution in [3.8, 4) is 11.4 Å². The third-order valence-electron chi connectivity index (χ3n) is 2.85. The van der Waals surface area contributed by atoms with Crippen molar-refractivity contribution in [3.63, 3.8) is 0 Å². The SMILES string of the molecule is CCOC(=O)C(C)(C)c1nc(-c2ccoc2C)no1. The number of hydrogen-bond acceptors (Lipinski definition) is 6. The Balaban J connectivity index is 2.31. The first-order valence-electron chi connectivity index (χ1n) is 6.02. The summed E-state index contributed by atoms with van der Waals surface area (Å²) in [5.41, 5.74) is -0.228. The van der Waals surface area contributed by atoms with Gasteiger partial charge in [0.25, 0.3) is 0 Å². The van der Waals surface area contributed by atoms with Crippen LogP contribution in [0.1, 0.15) is 32.4 Å². The second-order valence-corrected chi connectivity index (χ2v) is 4.66. The highest BCUT2D eigenvalue weighted by Crippen LogP contribution is 2.27. The van der Waals surface area contributed by atoms with Crippen molar-refractivity contribution in [2.45, 2.75) is 33.1 Å². The molecule has 0 aliphatic carbocycles. The molecule has 0 aromatic carbocycles. The molecule has 0 aliphatic rings. The van der Waals surface area contributed by atoms with E-state index in [0.717, 1.165) is 5.56 Å². The van der Waals surface area contributed by atoms with E-state index in [2.05, 4.69) is 10.1 Å². The first-order chi connectivity index (χ1) is 8.96. The molecular weight excluding hydrogens is 248 g/mol. The van der Waals surface area contributed by atoms with Crippen LogP contribution >= 0.6 is 0 Å². The summed E-state index contributed by atoms with van der Waals surface area (Å²) in [6, 6.07) is 1.75. The number of aryl methyl sites for hydroxylation is 1. The summed E-state index contributed by atoms with van der Waals surface area (Å²) in [6.45, 7) is 7.24. The van der Waals surface area contributed by atoms with Gasteiger partial charge >= 0.3 is 5.97 Å². The van der Waals surface area contributed by atoms with Gasteiger partial charge in [0.05, 0.1) is 18.4 Å². The minimum Gasteiger partial charge on any atom is -0.469 e. The molecule has 2 rings (SSSR count). The maximum absolute atomic E-state index is 11.9. The molecule has 0 saturated heterocycles. The first kappa shape index (κ1) is 13.3. The summed E-state index contributed by atoms with van der Waals surface area (Å²) in [7, 11) is 0. The van der Waals surface area contributed by atoms with Crippen molar-refractivity contribution >= 4 is 5.97 Å². The molecule has 2 heterocycles. The summed E-state index contributed by atoms with van der Waals surface area (Å²) in [5, 5.41) is 3.87. The molecule has 2 aromatic heterocycles. The number of hydrogen-bond donors (Lipinski definition) is 0. The van der Waals surface area contributed by atoms with Gasteiger partial charge in [0.2, 0.25) is 11.7 Å². The number of furan rings is 1. The highest BCUT2D eigenvalue weighted by Gasteiger charge is 2.37. The Morgan fingerprint density at radius 3 is 2.79 bits per heavy atom. The minimum atomic E-state index is -0.973. The lowest BCUT2D eigenvalue weighted by Gasteiger charge is -2.16. The molecule has 0 N–H and O–H groups in total. The standard InChI is InChI=1S/C13H16N2O4/c1-5-17-12(16)13(3,4)11-14-10(15-19-11)9-6-7-18-8(9)2/h6-7H,5H2,1-4H3. The van der Waals surface area contributed by atoms with Gasteiger partial charge in [0.15, 0.2) is 0 Å². The third-order valence-corrected chi connectivity index (χ3v) is 2.85. The molecule has 102 valence electrons. The molecule has 0 fully saturated rings. The summed E-state index contributed by atoms with van der Waals surface area (Å²) >= 11 is 0. The molecule has 2 aromatic rings. The van der Waals surface area contributed by atoms with Crippen LogP contribution in [0, 0.1) is 6.92 Å². The van der Waals surface area contributed by atoms with Gasteiger partial charge in [-0.25, -0.2) is 0 Å². The quantitative estimate of drug-likeness (QED) is 0.789. The van der Waals surface area contributed by atoms with Crippen LogP contribution in [0.2, 0.25) is 0 Å². The van der Waals surface area contributed by atoms with E-state index in [1.165, 1.54) is 0 Å². The van der Waals surface area contributed by atoms with Crippen LogP contribution in [0.25, 0.3) is 11.4 Å². The fourth-order valence-electron chi connectivity index (χ4n) is 1.60. The number of nitrogens with zero attached hydrogens (tertiary/aromatic N) is 2. The predicted molar refractivity (Wildman–Crippen MR) is 66.4 cm³/mol. The zero-order valence-corrected chi connectivity index (χ0v) is 11.4. The topological polar surface area (TPSA) is 78.4 Å². The summed E-state index contributed by atoms with van der Waals surface area (Å²) < 4.78 is 15.4. The molecule has 0 aliphatic heterocycles.